The number of benzene rings is 1. The number of pyridine rings is 1. The second-order valence-electron chi connectivity index (χ2n) is 7.47. The zero-order valence-corrected chi connectivity index (χ0v) is 16.1. The number of amides is 1. The van der Waals surface area contributed by atoms with Gasteiger partial charge in [0, 0.05) is 31.0 Å². The summed E-state index contributed by atoms with van der Waals surface area (Å²) in [5, 5.41) is 3.20. The molecule has 2 aromatic rings. The van der Waals surface area contributed by atoms with Crippen molar-refractivity contribution in [3.05, 3.63) is 53.9 Å². The molecule has 0 aliphatic carbocycles. The van der Waals surface area contributed by atoms with Crippen molar-refractivity contribution in [2.24, 2.45) is 0 Å². The van der Waals surface area contributed by atoms with Crippen LogP contribution in [0.1, 0.15) is 24.1 Å². The van der Waals surface area contributed by atoms with Gasteiger partial charge in [-0.3, -0.25) is 14.6 Å². The van der Waals surface area contributed by atoms with Crippen LogP contribution in [0.25, 0.3) is 0 Å². The molecule has 1 aromatic carbocycles. The van der Waals surface area contributed by atoms with Crippen molar-refractivity contribution in [2.45, 2.75) is 37.6 Å². The number of anilines is 2. The molecule has 1 aromatic heterocycles. The van der Waals surface area contributed by atoms with Crippen molar-refractivity contribution >= 4 is 23.6 Å². The molecule has 2 aliphatic rings. The molecule has 0 bridgehead atoms. The summed E-state index contributed by atoms with van der Waals surface area (Å²) >= 11 is 0. The highest BCUT2D eigenvalue weighted by molar-refractivity contribution is 5.85. The minimum Gasteiger partial charge on any atom is -0.358 e. The summed E-state index contributed by atoms with van der Waals surface area (Å²) in [5.41, 5.74) is 1.38. The third-order valence-corrected chi connectivity index (χ3v) is 5.61. The fourth-order valence-corrected chi connectivity index (χ4v) is 4.08. The molecule has 1 saturated heterocycles. The average molecular weight is 418 g/mol. The van der Waals surface area contributed by atoms with Crippen molar-refractivity contribution in [2.75, 3.05) is 23.3 Å². The van der Waals surface area contributed by atoms with Crippen LogP contribution in [0.5, 0.6) is 0 Å². The molecule has 1 atom stereocenters. The van der Waals surface area contributed by atoms with Gasteiger partial charge in [-0.05, 0) is 37.1 Å². The first-order chi connectivity index (χ1) is 14.4. The number of fused-ring (bicyclic) bond motifs is 1. The van der Waals surface area contributed by atoms with Crippen LogP contribution in [0.3, 0.4) is 0 Å². The van der Waals surface area contributed by atoms with Gasteiger partial charge in [-0.25, -0.2) is 0 Å². The normalized spacial score (nSPS) is 19.4. The minimum absolute atomic E-state index is 0.0339. The number of hydrogen-bond donors (Lipinski definition) is 1. The number of likely N-dealkylation sites (tertiary alicyclic amines) is 1. The first-order valence-electron chi connectivity index (χ1n) is 9.76. The Morgan fingerprint density at radius 2 is 1.90 bits per heavy atom. The zero-order chi connectivity index (χ0) is 21.3. The second-order valence-corrected chi connectivity index (χ2v) is 7.47. The van der Waals surface area contributed by atoms with Crippen LogP contribution >= 0.6 is 0 Å². The van der Waals surface area contributed by atoms with Gasteiger partial charge in [0.05, 0.1) is 23.4 Å². The van der Waals surface area contributed by atoms with E-state index in [4.69, 9.17) is 0 Å². The molecule has 9 heteroatoms. The number of halogens is 3. The number of piperidine rings is 1. The van der Waals surface area contributed by atoms with Crippen molar-refractivity contribution < 1.29 is 22.8 Å². The Hall–Kier alpha value is -3.10. The number of carbonyl (C=O) groups is 2. The van der Waals surface area contributed by atoms with Gasteiger partial charge in [0.2, 0.25) is 5.91 Å². The van der Waals surface area contributed by atoms with E-state index in [2.05, 4.69) is 15.2 Å². The van der Waals surface area contributed by atoms with Crippen LogP contribution in [0.2, 0.25) is 0 Å². The Bertz CT molecular complexity index is 925. The van der Waals surface area contributed by atoms with Crippen LogP contribution in [-0.4, -0.2) is 47.4 Å². The smallest absolute Gasteiger partial charge is 0.358 e. The fourth-order valence-electron chi connectivity index (χ4n) is 4.08. The van der Waals surface area contributed by atoms with Crippen LogP contribution < -0.4 is 10.2 Å². The molecule has 1 amide bonds. The van der Waals surface area contributed by atoms with E-state index in [1.807, 2.05) is 24.3 Å². The van der Waals surface area contributed by atoms with Gasteiger partial charge < -0.3 is 15.1 Å². The van der Waals surface area contributed by atoms with Crippen LogP contribution in [-0.2, 0) is 22.2 Å². The number of nitrogens with one attached hydrogen (secondary N) is 1. The van der Waals surface area contributed by atoms with Gasteiger partial charge >= 0.3 is 6.18 Å². The Labute approximate surface area is 171 Å². The molecule has 1 unspecified atom stereocenters. The van der Waals surface area contributed by atoms with Gasteiger partial charge in [0.25, 0.3) is 0 Å². The van der Waals surface area contributed by atoms with E-state index in [-0.39, 0.29) is 18.4 Å². The standard InChI is InChI=1S/C21H21F3N4O2/c22-21(23,24)14-5-6-15(25-12-14)11-20(30)27-9-7-16(8-10-27)28-18-4-2-1-3-17(18)26-19(28)13-29/h1-6,12-13,16,19,26H,7-11H2. The highest BCUT2D eigenvalue weighted by atomic mass is 19.4. The molecule has 1 fully saturated rings. The maximum Gasteiger partial charge on any atom is 0.417 e. The number of carbonyl (C=O) groups excluding carboxylic acids is 2. The summed E-state index contributed by atoms with van der Waals surface area (Å²) in [5.74, 6) is -0.160. The maximum atomic E-state index is 12.6. The summed E-state index contributed by atoms with van der Waals surface area (Å²) in [4.78, 5) is 31.7. The molecule has 0 spiro atoms. The lowest BCUT2D eigenvalue weighted by Crippen LogP contribution is -2.51. The molecule has 0 radical (unpaired) electrons. The van der Waals surface area contributed by atoms with E-state index < -0.39 is 17.9 Å². The molecule has 2 aliphatic heterocycles. The Kier molecular flexibility index (Phi) is 5.36. The highest BCUT2D eigenvalue weighted by Gasteiger charge is 2.36. The lowest BCUT2D eigenvalue weighted by Gasteiger charge is -2.39. The largest absolute Gasteiger partial charge is 0.417 e. The minimum atomic E-state index is -4.44. The summed E-state index contributed by atoms with van der Waals surface area (Å²) in [6.45, 7) is 1.04. The lowest BCUT2D eigenvalue weighted by atomic mass is 10.0. The Balaban J connectivity index is 1.36. The fraction of sp³-hybridized carbons (Fsp3) is 0.381. The zero-order valence-electron chi connectivity index (χ0n) is 16.1. The highest BCUT2D eigenvalue weighted by Crippen LogP contribution is 2.37. The predicted molar refractivity (Wildman–Crippen MR) is 105 cm³/mol. The molecule has 158 valence electrons. The van der Waals surface area contributed by atoms with Gasteiger partial charge in [-0.2, -0.15) is 13.2 Å². The summed E-state index contributed by atoms with van der Waals surface area (Å²) < 4.78 is 37.9. The molecule has 4 rings (SSSR count). The third-order valence-electron chi connectivity index (χ3n) is 5.61. The monoisotopic (exact) mass is 418 g/mol. The number of hydrogen-bond acceptors (Lipinski definition) is 5. The number of para-hydroxylation sites is 2. The number of aromatic nitrogens is 1. The van der Waals surface area contributed by atoms with Gasteiger partial charge in [-0.15, -0.1) is 0 Å². The number of aldehydes is 1. The number of alkyl halides is 3. The SMILES string of the molecule is O=CC1Nc2ccccc2N1C1CCN(C(=O)Cc2ccc(C(F)(F)F)cn2)CC1. The number of rotatable bonds is 4. The molecule has 3 heterocycles. The first-order valence-corrected chi connectivity index (χ1v) is 9.76. The molecular weight excluding hydrogens is 397 g/mol. The van der Waals surface area contributed by atoms with Gasteiger partial charge in [-0.1, -0.05) is 12.1 Å². The maximum absolute atomic E-state index is 12.6. The van der Waals surface area contributed by atoms with Crippen LogP contribution in [0, 0.1) is 0 Å². The van der Waals surface area contributed by atoms with E-state index in [0.717, 1.165) is 29.9 Å². The second kappa shape index (κ2) is 7.97. The molecule has 1 N–H and O–H groups in total. The van der Waals surface area contributed by atoms with E-state index in [0.29, 0.717) is 31.6 Å². The molecule has 30 heavy (non-hydrogen) atoms. The van der Waals surface area contributed by atoms with E-state index in [1.54, 1.807) is 4.90 Å². The first kappa shape index (κ1) is 20.2. The van der Waals surface area contributed by atoms with E-state index >= 15 is 0 Å². The molecule has 6 nitrogen and oxygen atoms in total. The third kappa shape index (κ3) is 3.96. The summed E-state index contributed by atoms with van der Waals surface area (Å²) in [6, 6.07) is 10.0. The van der Waals surface area contributed by atoms with Crippen molar-refractivity contribution in [3.8, 4) is 0 Å². The average Bonchev–Trinajstić information content (AvgIpc) is 3.12. The quantitative estimate of drug-likeness (QED) is 0.773. The van der Waals surface area contributed by atoms with Crippen molar-refractivity contribution in [1.29, 1.82) is 0 Å². The van der Waals surface area contributed by atoms with Crippen LogP contribution in [0.4, 0.5) is 24.5 Å². The molecular formula is C21H21F3N4O2. The van der Waals surface area contributed by atoms with Gasteiger partial charge in [0.1, 0.15) is 0 Å². The Morgan fingerprint density at radius 3 is 2.53 bits per heavy atom. The lowest BCUT2D eigenvalue weighted by molar-refractivity contribution is -0.137. The number of nitrogens with zero attached hydrogens (tertiary/aromatic N) is 3. The summed E-state index contributed by atoms with van der Waals surface area (Å²) in [7, 11) is 0. The van der Waals surface area contributed by atoms with Gasteiger partial charge in [0.15, 0.2) is 12.5 Å². The Morgan fingerprint density at radius 1 is 1.17 bits per heavy atom. The molecule has 0 saturated carbocycles. The van der Waals surface area contributed by atoms with Crippen molar-refractivity contribution in [1.82, 2.24) is 9.88 Å². The topological polar surface area (TPSA) is 65.5 Å². The summed E-state index contributed by atoms with van der Waals surface area (Å²) in [6.07, 6.45) is -1.86. The van der Waals surface area contributed by atoms with E-state index in [1.165, 1.54) is 6.07 Å². The van der Waals surface area contributed by atoms with Crippen molar-refractivity contribution in [3.63, 3.8) is 0 Å². The predicted octanol–water partition coefficient (Wildman–Crippen LogP) is 3.09. The van der Waals surface area contributed by atoms with E-state index in [9.17, 15) is 22.8 Å². The van der Waals surface area contributed by atoms with Crippen LogP contribution in [0.15, 0.2) is 42.6 Å².